The van der Waals surface area contributed by atoms with Gasteiger partial charge in [0.2, 0.25) is 15.9 Å². The van der Waals surface area contributed by atoms with Crippen LogP contribution < -0.4 is 10.0 Å². The van der Waals surface area contributed by atoms with Gasteiger partial charge in [0.05, 0.1) is 23.4 Å². The molecule has 3 heterocycles. The van der Waals surface area contributed by atoms with Gasteiger partial charge in [-0.3, -0.25) is 9.59 Å². The van der Waals surface area contributed by atoms with Crippen molar-refractivity contribution in [2.24, 2.45) is 17.8 Å². The van der Waals surface area contributed by atoms with Gasteiger partial charge in [0.25, 0.3) is 11.8 Å². The molecule has 238 valence electrons. The van der Waals surface area contributed by atoms with Crippen molar-refractivity contribution in [1.82, 2.24) is 15.0 Å². The van der Waals surface area contributed by atoms with Crippen LogP contribution in [0, 0.1) is 23.6 Å². The third-order valence-corrected chi connectivity index (χ3v) is 11.5. The number of rotatable bonds is 13. The molecule has 1 aromatic heterocycles. The maximum Gasteiger partial charge on any atom is 0.273 e. The number of oxazole rings is 1. The van der Waals surface area contributed by atoms with Gasteiger partial charge in [-0.15, -0.1) is 0 Å². The molecule has 0 radical (unpaired) electrons. The smallest absolute Gasteiger partial charge is 0.273 e. The zero-order valence-corrected chi connectivity index (χ0v) is 26.0. The summed E-state index contributed by atoms with van der Waals surface area (Å²) in [6.45, 7) is 2.05. The fourth-order valence-electron chi connectivity index (χ4n) is 8.02. The minimum absolute atomic E-state index is 0.0518. The van der Waals surface area contributed by atoms with E-state index in [-0.39, 0.29) is 41.4 Å². The second-order valence-corrected chi connectivity index (χ2v) is 14.9. The first-order valence-corrected chi connectivity index (χ1v) is 17.8. The topological polar surface area (TPSA) is 128 Å². The zero-order chi connectivity index (χ0) is 30.9. The van der Waals surface area contributed by atoms with Crippen LogP contribution in [0.4, 0.5) is 4.39 Å². The maximum absolute atomic E-state index is 14.4. The third-order valence-electron chi connectivity index (χ3n) is 10.2. The number of aromatic nitrogens is 1. The Hall–Kier alpha value is -3.05. The lowest BCUT2D eigenvalue weighted by atomic mass is 9.86. The van der Waals surface area contributed by atoms with E-state index in [1.807, 2.05) is 4.72 Å². The lowest BCUT2D eigenvalue weighted by Crippen LogP contribution is -2.30. The highest BCUT2D eigenvalue weighted by Gasteiger charge is 2.80. The molecule has 2 N–H and O–H groups in total. The zero-order valence-electron chi connectivity index (χ0n) is 25.2. The number of nitrogens with one attached hydrogen (secondary N) is 2. The van der Waals surface area contributed by atoms with Gasteiger partial charge >= 0.3 is 0 Å². The van der Waals surface area contributed by atoms with E-state index in [1.54, 1.807) is 6.07 Å². The van der Waals surface area contributed by atoms with Crippen molar-refractivity contribution in [2.75, 3.05) is 12.3 Å². The van der Waals surface area contributed by atoms with Gasteiger partial charge < -0.3 is 14.5 Å². The fraction of sp³-hybridized carbons (Fsp3) is 0.606. The largest absolute Gasteiger partial charge is 0.447 e. The molecule has 2 aliphatic heterocycles. The van der Waals surface area contributed by atoms with Crippen molar-refractivity contribution >= 4 is 27.9 Å². The number of benzene rings is 1. The van der Waals surface area contributed by atoms with Crippen molar-refractivity contribution in [3.63, 3.8) is 0 Å². The molecule has 2 saturated carbocycles. The highest BCUT2D eigenvalue weighted by molar-refractivity contribution is 7.90. The molecule has 4 fully saturated rings. The molecule has 2 aromatic rings. The first-order chi connectivity index (χ1) is 21.2. The number of hydrogen-bond acceptors (Lipinski definition) is 7. The van der Waals surface area contributed by atoms with Crippen molar-refractivity contribution < 1.29 is 31.6 Å². The monoisotopic (exact) mass is 627 g/mol. The number of carbonyl (C=O) groups is 2. The number of amides is 2. The van der Waals surface area contributed by atoms with Crippen LogP contribution in [0.2, 0.25) is 0 Å². The number of carbonyl (C=O) groups excluding carboxylic acids is 2. The summed E-state index contributed by atoms with van der Waals surface area (Å²) in [5.74, 6) is -0.0863. The van der Waals surface area contributed by atoms with E-state index >= 15 is 0 Å². The number of unbranched alkanes of at least 4 members (excludes halogenated alkanes) is 1. The minimum Gasteiger partial charge on any atom is -0.447 e. The lowest BCUT2D eigenvalue weighted by molar-refractivity contribution is -0.114. The molecule has 0 spiro atoms. The summed E-state index contributed by atoms with van der Waals surface area (Å²) in [4.78, 5) is 29.8. The first-order valence-electron chi connectivity index (χ1n) is 16.1. The lowest BCUT2D eigenvalue weighted by Gasteiger charge is -2.21. The Morgan fingerprint density at radius 2 is 1.95 bits per heavy atom. The van der Waals surface area contributed by atoms with Gasteiger partial charge in [-0.2, -0.15) is 0 Å². The van der Waals surface area contributed by atoms with Crippen LogP contribution in [0.25, 0.3) is 6.08 Å². The molecule has 9 nitrogen and oxygen atoms in total. The van der Waals surface area contributed by atoms with E-state index in [2.05, 4.69) is 10.3 Å². The van der Waals surface area contributed by atoms with Crippen LogP contribution in [-0.4, -0.2) is 49.7 Å². The molecular formula is C33H42FN3O6S. The molecule has 4 aliphatic rings. The molecular weight excluding hydrogens is 585 g/mol. The molecule has 2 amide bonds. The molecule has 11 heteroatoms. The van der Waals surface area contributed by atoms with E-state index in [0.717, 1.165) is 37.7 Å². The minimum atomic E-state index is -3.69. The highest BCUT2D eigenvalue weighted by Crippen LogP contribution is 2.73. The van der Waals surface area contributed by atoms with E-state index in [0.29, 0.717) is 30.0 Å². The Morgan fingerprint density at radius 3 is 2.75 bits per heavy atom. The van der Waals surface area contributed by atoms with Gasteiger partial charge in [-0.05, 0) is 73.8 Å². The summed E-state index contributed by atoms with van der Waals surface area (Å²) in [5.41, 5.74) is 1.10. The summed E-state index contributed by atoms with van der Waals surface area (Å²) in [6, 6.07) is 4.35. The average Bonchev–Trinajstić information content (AvgIpc) is 3.44. The average molecular weight is 628 g/mol. The number of hydrogen-bond donors (Lipinski definition) is 2. The van der Waals surface area contributed by atoms with E-state index < -0.39 is 27.2 Å². The van der Waals surface area contributed by atoms with Crippen molar-refractivity contribution in [2.45, 2.75) is 95.2 Å². The predicted octanol–water partition coefficient (Wildman–Crippen LogP) is 5.06. The summed E-state index contributed by atoms with van der Waals surface area (Å²) >= 11 is 0. The standard InChI is InChI=1S/C33H42FN3O6S/c1-2-44(40,41)37-29(38)16-12-22-11-13-24(34)18-23(22)19-25-30-27-14-15-28(43-27)33(25,30)32-36-26(20-42-32)31(39)35-17-7-6-10-21-8-4-3-5-9-21/h11-13,16,18,20-21,25,27-28,30H,2-10,14-15,17,19H2,1H3,(H,35,39)(H,37,38). The molecule has 2 bridgehead atoms. The van der Waals surface area contributed by atoms with Crippen molar-refractivity contribution in [3.8, 4) is 0 Å². The molecule has 1 aromatic carbocycles. The third kappa shape index (κ3) is 6.22. The molecule has 2 aliphatic carbocycles. The molecule has 2 saturated heterocycles. The Kier molecular flexibility index (Phi) is 8.97. The van der Waals surface area contributed by atoms with Crippen LogP contribution in [-0.2, 0) is 31.4 Å². The molecule has 5 atom stereocenters. The van der Waals surface area contributed by atoms with Gasteiger partial charge in [0, 0.05) is 18.5 Å². The SMILES string of the molecule is CCS(=O)(=O)NC(=O)C=Cc1ccc(F)cc1CC1C2C3CCC(O3)C12c1nc(C(=O)NCCCCC2CCCCC2)co1. The van der Waals surface area contributed by atoms with Crippen LogP contribution in [0.5, 0.6) is 0 Å². The number of fused-ring (bicyclic) bond motifs is 5. The van der Waals surface area contributed by atoms with Gasteiger partial charge in [-0.25, -0.2) is 22.5 Å². The van der Waals surface area contributed by atoms with Gasteiger partial charge in [-0.1, -0.05) is 51.0 Å². The van der Waals surface area contributed by atoms with Crippen LogP contribution >= 0.6 is 0 Å². The molecule has 5 unspecified atom stereocenters. The number of halogens is 1. The Bertz CT molecular complexity index is 1520. The summed E-state index contributed by atoms with van der Waals surface area (Å²) in [5, 5.41) is 2.99. The summed E-state index contributed by atoms with van der Waals surface area (Å²) < 4.78 is 52.1. The number of ether oxygens (including phenoxy) is 1. The van der Waals surface area contributed by atoms with Crippen molar-refractivity contribution in [3.05, 3.63) is 59.1 Å². The highest BCUT2D eigenvalue weighted by atomic mass is 32.2. The molecule has 6 rings (SSSR count). The van der Waals surface area contributed by atoms with E-state index in [1.165, 1.54) is 69.9 Å². The first kappa shape index (κ1) is 31.0. The second-order valence-electron chi connectivity index (χ2n) is 12.8. The Labute approximate surface area is 258 Å². The Morgan fingerprint density at radius 1 is 1.14 bits per heavy atom. The van der Waals surface area contributed by atoms with Gasteiger partial charge in [0.1, 0.15) is 12.1 Å². The van der Waals surface area contributed by atoms with Crippen molar-refractivity contribution in [1.29, 1.82) is 0 Å². The number of nitrogens with zero attached hydrogens (tertiary/aromatic N) is 1. The van der Waals surface area contributed by atoms with Crippen LogP contribution in [0.1, 0.15) is 98.6 Å². The fourth-order valence-corrected chi connectivity index (χ4v) is 8.54. The van der Waals surface area contributed by atoms with Crippen LogP contribution in [0.3, 0.4) is 0 Å². The van der Waals surface area contributed by atoms with Gasteiger partial charge in [0.15, 0.2) is 5.69 Å². The van der Waals surface area contributed by atoms with E-state index in [9.17, 15) is 22.4 Å². The normalized spacial score (nSPS) is 27.9. The Balaban J connectivity index is 1.12. The molecule has 44 heavy (non-hydrogen) atoms. The second kappa shape index (κ2) is 12.7. The number of sulfonamides is 1. The van der Waals surface area contributed by atoms with Crippen LogP contribution in [0.15, 0.2) is 35.0 Å². The quantitative estimate of drug-likeness (QED) is 0.235. The summed E-state index contributed by atoms with van der Waals surface area (Å²) in [6.07, 6.45) is 16.4. The maximum atomic E-state index is 14.4. The predicted molar refractivity (Wildman–Crippen MR) is 163 cm³/mol. The van der Waals surface area contributed by atoms with E-state index in [4.69, 9.17) is 9.15 Å². The summed E-state index contributed by atoms with van der Waals surface area (Å²) in [7, 11) is -3.69.